The van der Waals surface area contributed by atoms with Crippen LogP contribution in [0.3, 0.4) is 0 Å². The number of aromatic nitrogens is 2. The van der Waals surface area contributed by atoms with Crippen LogP contribution < -0.4 is 9.44 Å². The number of rotatable bonds is 19. The number of benzene rings is 5. The SMILES string of the molecule is CC(C)c1cc(C#CC2CCCC2)cc(C(C)C)c1CC(=O)NS(=O)(=O)c1ccc(CN(C)Cc2ccc3nn(-c4cc(C(C)C)c(CC(=O)NS(=O)(=O)c5ccc(CN(C)C)cc5)c(C(C)C)c4)cc3c2)cc1. The largest absolute Gasteiger partial charge is 0.305 e. The molecule has 2 amide bonds. The van der Waals surface area contributed by atoms with Gasteiger partial charge in [-0.3, -0.25) is 14.5 Å². The average Bonchev–Trinajstić information content (AvgIpc) is 4.01. The topological polar surface area (TPSA) is 151 Å². The molecule has 0 atom stereocenters. The Morgan fingerprint density at radius 3 is 1.50 bits per heavy atom. The Morgan fingerprint density at radius 1 is 0.608 bits per heavy atom. The van der Waals surface area contributed by atoms with Gasteiger partial charge in [0.1, 0.15) is 0 Å². The number of amides is 2. The fourth-order valence-electron chi connectivity index (χ4n) is 10.1. The van der Waals surface area contributed by atoms with Crippen molar-refractivity contribution in [3.05, 3.63) is 153 Å². The van der Waals surface area contributed by atoms with Crippen molar-refractivity contribution in [1.29, 1.82) is 0 Å². The van der Waals surface area contributed by atoms with Crippen molar-refractivity contribution in [2.24, 2.45) is 5.92 Å². The molecule has 1 saturated carbocycles. The Kier molecular flexibility index (Phi) is 17.8. The summed E-state index contributed by atoms with van der Waals surface area (Å²) in [4.78, 5) is 31.2. The van der Waals surface area contributed by atoms with Crippen LogP contribution in [0.4, 0.5) is 0 Å². The molecule has 1 heterocycles. The van der Waals surface area contributed by atoms with Crippen LogP contribution in [-0.2, 0) is 62.1 Å². The number of fused-ring (bicyclic) bond motifs is 1. The van der Waals surface area contributed by atoms with Gasteiger partial charge in [0.05, 0.1) is 33.8 Å². The minimum atomic E-state index is -4.12. The third-order valence-corrected chi connectivity index (χ3v) is 16.5. The average molecular weight is 1040 g/mol. The maximum atomic E-state index is 13.6. The molecule has 1 aromatic heterocycles. The van der Waals surface area contributed by atoms with E-state index in [1.807, 2.05) is 55.1 Å². The van der Waals surface area contributed by atoms with Crippen molar-refractivity contribution >= 4 is 42.8 Å². The summed E-state index contributed by atoms with van der Waals surface area (Å²) in [6.45, 7) is 18.5. The molecule has 5 aromatic carbocycles. The summed E-state index contributed by atoms with van der Waals surface area (Å²) in [5.41, 5.74) is 11.2. The maximum absolute atomic E-state index is 13.6. The Balaban J connectivity index is 0.997. The van der Waals surface area contributed by atoms with E-state index in [0.717, 1.165) is 85.1 Å². The molecule has 0 saturated heterocycles. The van der Waals surface area contributed by atoms with Crippen LogP contribution in [0.15, 0.2) is 107 Å². The second-order valence-corrected chi connectivity index (χ2v) is 25.0. The highest BCUT2D eigenvalue weighted by Gasteiger charge is 2.25. The molecule has 1 fully saturated rings. The lowest BCUT2D eigenvalue weighted by molar-refractivity contribution is -0.119. The van der Waals surface area contributed by atoms with Gasteiger partial charge in [-0.05, 0) is 168 Å². The second kappa shape index (κ2) is 23.6. The third-order valence-electron chi connectivity index (χ3n) is 13.8. The van der Waals surface area contributed by atoms with E-state index in [0.29, 0.717) is 25.6 Å². The number of sulfonamides is 2. The molecule has 14 heteroatoms. The van der Waals surface area contributed by atoms with Crippen LogP contribution in [0.1, 0.15) is 160 Å². The number of hydrogen-bond acceptors (Lipinski definition) is 9. The van der Waals surface area contributed by atoms with E-state index in [2.05, 4.69) is 106 Å². The van der Waals surface area contributed by atoms with Crippen molar-refractivity contribution in [2.45, 2.75) is 147 Å². The van der Waals surface area contributed by atoms with Gasteiger partial charge in [-0.15, -0.1) is 0 Å². The number of nitrogens with zero attached hydrogens (tertiary/aromatic N) is 4. The van der Waals surface area contributed by atoms with Gasteiger partial charge in [0.2, 0.25) is 11.8 Å². The molecule has 0 bridgehead atoms. The summed E-state index contributed by atoms with van der Waals surface area (Å²) >= 11 is 0. The molecular weight excluding hydrogens is 965 g/mol. The van der Waals surface area contributed by atoms with Gasteiger partial charge in [-0.2, -0.15) is 5.10 Å². The number of carbonyl (C=O) groups excluding carboxylic acids is 2. The summed E-state index contributed by atoms with van der Waals surface area (Å²) in [6, 6.07) is 27.6. The van der Waals surface area contributed by atoms with Crippen molar-refractivity contribution < 1.29 is 26.4 Å². The van der Waals surface area contributed by atoms with E-state index in [1.165, 1.54) is 25.0 Å². The fourth-order valence-corrected chi connectivity index (χ4v) is 12.0. The zero-order chi connectivity index (χ0) is 53.6. The summed E-state index contributed by atoms with van der Waals surface area (Å²) in [6.07, 6.45) is 6.59. The van der Waals surface area contributed by atoms with Gasteiger partial charge in [0, 0.05) is 42.7 Å². The Bertz CT molecular complexity index is 3230. The second-order valence-electron chi connectivity index (χ2n) is 21.7. The molecule has 74 heavy (non-hydrogen) atoms. The zero-order valence-electron chi connectivity index (χ0n) is 45.0. The summed E-state index contributed by atoms with van der Waals surface area (Å²) in [5.74, 6) is 6.45. The summed E-state index contributed by atoms with van der Waals surface area (Å²) < 4.78 is 60.2. The highest BCUT2D eigenvalue weighted by Crippen LogP contribution is 2.34. The van der Waals surface area contributed by atoms with E-state index in [9.17, 15) is 26.4 Å². The highest BCUT2D eigenvalue weighted by atomic mass is 32.2. The molecule has 1 aliphatic carbocycles. The van der Waals surface area contributed by atoms with Crippen molar-refractivity contribution in [1.82, 2.24) is 29.0 Å². The standard InChI is InChI=1S/C60H74N6O6S2/c1-39(2)52-29-46(17-16-43-14-12-13-15-43)30-53(40(3)4)56(52)33-59(67)62-74(71,72)51-25-20-45(21-26-51)36-65(11)37-47-22-27-58-48(28-47)38-66(61-58)49-31-54(41(5)6)57(55(32-49)42(7)8)34-60(68)63-73(69,70)50-23-18-44(19-24-50)35-64(9)10/h18-32,38-43H,12-15,33-37H2,1-11H3,(H,62,67)(H,63,68). The van der Waals surface area contributed by atoms with Gasteiger partial charge in [0.15, 0.2) is 0 Å². The molecule has 0 unspecified atom stereocenters. The Hall–Kier alpha value is -6.11. The number of carbonyl (C=O) groups is 2. The van der Waals surface area contributed by atoms with Gasteiger partial charge in [0.25, 0.3) is 20.0 Å². The quantitative estimate of drug-likeness (QED) is 0.0756. The third kappa shape index (κ3) is 14.0. The molecule has 0 radical (unpaired) electrons. The smallest absolute Gasteiger partial charge is 0.264 e. The molecule has 12 nitrogen and oxygen atoms in total. The van der Waals surface area contributed by atoms with Gasteiger partial charge >= 0.3 is 0 Å². The van der Waals surface area contributed by atoms with E-state index in [-0.39, 0.29) is 46.3 Å². The van der Waals surface area contributed by atoms with Crippen LogP contribution in [0.5, 0.6) is 0 Å². The Morgan fingerprint density at radius 2 is 1.04 bits per heavy atom. The molecule has 0 aliphatic heterocycles. The first-order valence-corrected chi connectivity index (χ1v) is 28.9. The van der Waals surface area contributed by atoms with E-state index in [1.54, 1.807) is 36.4 Å². The predicted octanol–water partition coefficient (Wildman–Crippen LogP) is 10.8. The van der Waals surface area contributed by atoms with Gasteiger partial charge < -0.3 is 4.90 Å². The van der Waals surface area contributed by atoms with Crippen molar-refractivity contribution in [3.63, 3.8) is 0 Å². The predicted molar refractivity (Wildman–Crippen MR) is 296 cm³/mol. The van der Waals surface area contributed by atoms with Crippen LogP contribution in [0.2, 0.25) is 0 Å². The number of hydrogen-bond donors (Lipinski definition) is 2. The molecule has 6 aromatic rings. The van der Waals surface area contributed by atoms with E-state index in [4.69, 9.17) is 5.10 Å². The van der Waals surface area contributed by atoms with Crippen LogP contribution in [-0.4, -0.2) is 69.4 Å². The first kappa shape index (κ1) is 55.6. The van der Waals surface area contributed by atoms with Crippen LogP contribution in [0, 0.1) is 17.8 Å². The minimum Gasteiger partial charge on any atom is -0.305 e. The normalized spacial score (nSPS) is 13.5. The van der Waals surface area contributed by atoms with Gasteiger partial charge in [-0.1, -0.05) is 110 Å². The Labute approximate surface area is 440 Å². The lowest BCUT2D eigenvalue weighted by Crippen LogP contribution is -2.32. The number of nitrogens with one attached hydrogen (secondary N) is 2. The zero-order valence-corrected chi connectivity index (χ0v) is 46.7. The molecule has 0 spiro atoms. The molecule has 7 rings (SSSR count). The molecular formula is C60H74N6O6S2. The fraction of sp³-hybridized carbons (Fsp3) is 0.417. The van der Waals surface area contributed by atoms with Crippen LogP contribution in [0.25, 0.3) is 16.6 Å². The molecule has 2 N–H and O–H groups in total. The summed E-state index contributed by atoms with van der Waals surface area (Å²) in [5, 5.41) is 5.89. The first-order chi connectivity index (χ1) is 35.0. The van der Waals surface area contributed by atoms with Crippen LogP contribution >= 0.6 is 0 Å². The van der Waals surface area contributed by atoms with Gasteiger partial charge in [-0.25, -0.2) is 31.0 Å². The maximum Gasteiger partial charge on any atom is 0.264 e. The van der Waals surface area contributed by atoms with E-state index < -0.39 is 31.9 Å². The lowest BCUT2D eigenvalue weighted by atomic mass is 9.85. The minimum absolute atomic E-state index is 0.0234. The molecule has 392 valence electrons. The summed E-state index contributed by atoms with van der Waals surface area (Å²) in [7, 11) is -2.31. The monoisotopic (exact) mass is 1040 g/mol. The first-order valence-electron chi connectivity index (χ1n) is 25.9. The lowest BCUT2D eigenvalue weighted by Gasteiger charge is -2.21. The highest BCUT2D eigenvalue weighted by molar-refractivity contribution is 7.90. The molecule has 1 aliphatic rings. The van der Waals surface area contributed by atoms with E-state index >= 15 is 0 Å². The van der Waals surface area contributed by atoms with Crippen molar-refractivity contribution in [3.8, 4) is 17.5 Å². The van der Waals surface area contributed by atoms with Crippen molar-refractivity contribution in [2.75, 3.05) is 21.1 Å².